The number of aliphatic carboxylic acids is 1. The normalized spacial score (nSPS) is 12.8. The van der Waals surface area contributed by atoms with E-state index in [4.69, 9.17) is 10.8 Å². The van der Waals surface area contributed by atoms with Gasteiger partial charge in [0, 0.05) is 7.05 Å². The maximum Gasteiger partial charge on any atom is 0.305 e. The molecule has 1 heterocycles. The van der Waals surface area contributed by atoms with Crippen molar-refractivity contribution in [1.82, 2.24) is 15.0 Å². The van der Waals surface area contributed by atoms with Crippen molar-refractivity contribution in [2.75, 3.05) is 0 Å². The van der Waals surface area contributed by atoms with Crippen LogP contribution in [0.25, 0.3) is 0 Å². The molecule has 1 atom stereocenters. The number of aromatic nitrogens is 3. The van der Waals surface area contributed by atoms with Crippen LogP contribution >= 0.6 is 0 Å². The van der Waals surface area contributed by atoms with E-state index in [2.05, 4.69) is 10.2 Å². The summed E-state index contributed by atoms with van der Waals surface area (Å²) in [6.07, 6.45) is 1.34. The van der Waals surface area contributed by atoms with Gasteiger partial charge in [-0.15, -0.1) is 0 Å². The number of carbonyl (C=O) groups is 1. The lowest BCUT2D eigenvalue weighted by atomic mass is 10.2. The number of carboxylic acid groups (broad SMARTS) is 1. The zero-order valence-electron chi connectivity index (χ0n) is 6.64. The highest BCUT2D eigenvalue weighted by Crippen LogP contribution is 2.08. The smallest absolute Gasteiger partial charge is 0.305 e. The van der Waals surface area contributed by atoms with Crippen LogP contribution in [0.15, 0.2) is 6.20 Å². The van der Waals surface area contributed by atoms with Gasteiger partial charge in [-0.3, -0.25) is 4.79 Å². The molecule has 0 aromatic carbocycles. The Bertz CT molecular complexity index is 283. The Morgan fingerprint density at radius 2 is 2.58 bits per heavy atom. The molecule has 0 radical (unpaired) electrons. The van der Waals surface area contributed by atoms with Gasteiger partial charge in [0.25, 0.3) is 0 Å². The van der Waals surface area contributed by atoms with Crippen LogP contribution in [0.1, 0.15) is 18.2 Å². The van der Waals surface area contributed by atoms with E-state index in [9.17, 15) is 4.79 Å². The zero-order valence-corrected chi connectivity index (χ0v) is 6.64. The summed E-state index contributed by atoms with van der Waals surface area (Å²) >= 11 is 0. The zero-order chi connectivity index (χ0) is 9.14. The minimum atomic E-state index is -0.937. The quantitative estimate of drug-likeness (QED) is 0.624. The summed E-state index contributed by atoms with van der Waals surface area (Å²) in [5, 5.41) is 16.1. The van der Waals surface area contributed by atoms with E-state index in [1.54, 1.807) is 7.05 Å². The first-order chi connectivity index (χ1) is 5.59. The molecule has 0 aliphatic heterocycles. The third-order valence-electron chi connectivity index (χ3n) is 1.39. The number of carboxylic acids is 1. The Balaban J connectivity index is 2.64. The summed E-state index contributed by atoms with van der Waals surface area (Å²) in [5.41, 5.74) is 6.01. The van der Waals surface area contributed by atoms with Crippen molar-refractivity contribution in [2.45, 2.75) is 12.5 Å². The van der Waals surface area contributed by atoms with Crippen LogP contribution in [0.5, 0.6) is 0 Å². The van der Waals surface area contributed by atoms with Crippen molar-refractivity contribution in [2.24, 2.45) is 12.8 Å². The van der Waals surface area contributed by atoms with Crippen molar-refractivity contribution in [3.63, 3.8) is 0 Å². The average Bonchev–Trinajstić information content (AvgIpc) is 2.34. The van der Waals surface area contributed by atoms with E-state index < -0.39 is 12.0 Å². The maximum absolute atomic E-state index is 10.3. The summed E-state index contributed by atoms with van der Waals surface area (Å²) < 4.78 is 0. The third kappa shape index (κ3) is 2.03. The number of hydrogen-bond acceptors (Lipinski definition) is 4. The number of rotatable bonds is 3. The van der Waals surface area contributed by atoms with Crippen LogP contribution in [0, 0.1) is 0 Å². The number of aryl methyl sites for hydroxylation is 1. The van der Waals surface area contributed by atoms with E-state index in [0.717, 1.165) is 0 Å². The van der Waals surface area contributed by atoms with Crippen molar-refractivity contribution in [3.05, 3.63) is 11.9 Å². The van der Waals surface area contributed by atoms with Gasteiger partial charge in [-0.25, -0.2) is 0 Å². The molecule has 66 valence electrons. The second-order valence-corrected chi connectivity index (χ2v) is 2.46. The summed E-state index contributed by atoms with van der Waals surface area (Å²) in [5.74, 6) is -0.937. The molecule has 0 spiro atoms. The number of hydrogen-bond donors (Lipinski definition) is 2. The van der Waals surface area contributed by atoms with Gasteiger partial charge in [-0.1, -0.05) is 0 Å². The molecule has 0 bridgehead atoms. The predicted molar refractivity (Wildman–Crippen MR) is 40.2 cm³/mol. The molecule has 0 unspecified atom stereocenters. The standard InChI is InChI=1S/C6H10N4O2/c1-10-8-3-5(9-10)4(7)2-6(11)12/h3-4H,2,7H2,1H3,(H,11,12)/t4-/m1/s1. The van der Waals surface area contributed by atoms with Crippen LogP contribution < -0.4 is 5.73 Å². The van der Waals surface area contributed by atoms with Gasteiger partial charge in [-0.2, -0.15) is 15.0 Å². The fourth-order valence-corrected chi connectivity index (χ4v) is 0.824. The Hall–Kier alpha value is -1.43. The van der Waals surface area contributed by atoms with Crippen LogP contribution in [-0.4, -0.2) is 26.1 Å². The van der Waals surface area contributed by atoms with Crippen LogP contribution in [0.2, 0.25) is 0 Å². The average molecular weight is 170 g/mol. The molecular weight excluding hydrogens is 160 g/mol. The molecule has 1 aromatic heterocycles. The van der Waals surface area contributed by atoms with E-state index in [1.165, 1.54) is 11.0 Å². The highest BCUT2D eigenvalue weighted by Gasteiger charge is 2.13. The second kappa shape index (κ2) is 3.31. The van der Waals surface area contributed by atoms with Gasteiger partial charge in [0.15, 0.2) is 0 Å². The number of nitrogens with two attached hydrogens (primary N) is 1. The molecule has 0 saturated heterocycles. The van der Waals surface area contributed by atoms with Crippen LogP contribution in [0.4, 0.5) is 0 Å². The van der Waals surface area contributed by atoms with Crippen LogP contribution in [-0.2, 0) is 11.8 Å². The molecular formula is C6H10N4O2. The lowest BCUT2D eigenvalue weighted by Gasteiger charge is -2.02. The van der Waals surface area contributed by atoms with Gasteiger partial charge in [-0.05, 0) is 0 Å². The van der Waals surface area contributed by atoms with Crippen molar-refractivity contribution >= 4 is 5.97 Å². The summed E-state index contributed by atoms with van der Waals surface area (Å²) in [6.45, 7) is 0. The molecule has 0 aliphatic carbocycles. The maximum atomic E-state index is 10.3. The predicted octanol–water partition coefficient (Wildman–Crippen LogP) is -0.710. The Labute approximate surface area is 69.0 Å². The van der Waals surface area contributed by atoms with Gasteiger partial charge in [0.2, 0.25) is 0 Å². The highest BCUT2D eigenvalue weighted by atomic mass is 16.4. The Kier molecular flexibility index (Phi) is 2.39. The Morgan fingerprint density at radius 3 is 3.00 bits per heavy atom. The minimum Gasteiger partial charge on any atom is -0.481 e. The molecule has 0 saturated carbocycles. The minimum absolute atomic E-state index is 0.126. The summed E-state index contributed by atoms with van der Waals surface area (Å²) in [7, 11) is 1.65. The molecule has 0 fully saturated rings. The molecule has 1 aromatic rings. The second-order valence-electron chi connectivity index (χ2n) is 2.46. The molecule has 3 N–H and O–H groups in total. The first kappa shape index (κ1) is 8.66. The van der Waals surface area contributed by atoms with Gasteiger partial charge in [0.05, 0.1) is 24.4 Å². The number of nitrogens with zero attached hydrogens (tertiary/aromatic N) is 3. The lowest BCUT2D eigenvalue weighted by molar-refractivity contribution is -0.137. The largest absolute Gasteiger partial charge is 0.481 e. The lowest BCUT2D eigenvalue weighted by Crippen LogP contribution is -2.15. The highest BCUT2D eigenvalue weighted by molar-refractivity contribution is 5.67. The fraction of sp³-hybridized carbons (Fsp3) is 0.500. The van der Waals surface area contributed by atoms with Gasteiger partial charge >= 0.3 is 5.97 Å². The van der Waals surface area contributed by atoms with Crippen molar-refractivity contribution in [3.8, 4) is 0 Å². The molecule has 0 amide bonds. The molecule has 12 heavy (non-hydrogen) atoms. The fourth-order valence-electron chi connectivity index (χ4n) is 0.824. The van der Waals surface area contributed by atoms with E-state index in [0.29, 0.717) is 5.69 Å². The summed E-state index contributed by atoms with van der Waals surface area (Å²) in [6, 6.07) is -0.573. The third-order valence-corrected chi connectivity index (χ3v) is 1.39. The van der Waals surface area contributed by atoms with E-state index in [1.807, 2.05) is 0 Å². The van der Waals surface area contributed by atoms with Gasteiger partial charge in [0.1, 0.15) is 0 Å². The van der Waals surface area contributed by atoms with Crippen LogP contribution in [0.3, 0.4) is 0 Å². The van der Waals surface area contributed by atoms with Crippen molar-refractivity contribution in [1.29, 1.82) is 0 Å². The SMILES string of the molecule is Cn1ncc([C@H](N)CC(=O)O)n1. The molecule has 0 aliphatic rings. The van der Waals surface area contributed by atoms with Crippen molar-refractivity contribution < 1.29 is 9.90 Å². The first-order valence-electron chi connectivity index (χ1n) is 3.43. The molecule has 6 nitrogen and oxygen atoms in total. The van der Waals surface area contributed by atoms with Gasteiger partial charge < -0.3 is 10.8 Å². The van der Waals surface area contributed by atoms with E-state index >= 15 is 0 Å². The molecule has 1 rings (SSSR count). The summed E-state index contributed by atoms with van der Waals surface area (Å²) in [4.78, 5) is 11.6. The monoisotopic (exact) mass is 170 g/mol. The topological polar surface area (TPSA) is 94.0 Å². The Morgan fingerprint density at radius 1 is 1.92 bits per heavy atom. The first-order valence-corrected chi connectivity index (χ1v) is 3.43. The molecule has 6 heteroatoms. The van der Waals surface area contributed by atoms with E-state index in [-0.39, 0.29) is 6.42 Å².